The highest BCUT2D eigenvalue weighted by Gasteiger charge is 2.78. The van der Waals surface area contributed by atoms with Gasteiger partial charge in [0.2, 0.25) is 5.95 Å². The number of aryl methyl sites for hydroxylation is 3. The lowest BCUT2D eigenvalue weighted by atomic mass is 10.0. The summed E-state index contributed by atoms with van der Waals surface area (Å²) < 4.78 is 1.07. The van der Waals surface area contributed by atoms with Crippen LogP contribution < -0.4 is 10.6 Å². The van der Waals surface area contributed by atoms with Gasteiger partial charge in [0.1, 0.15) is 16.4 Å². The van der Waals surface area contributed by atoms with Crippen LogP contribution in [0.25, 0.3) is 20.8 Å². The number of nitrogens with one attached hydrogen (secondary N) is 2. The molecule has 3 saturated carbocycles. The fourth-order valence-electron chi connectivity index (χ4n) is 5.12. The summed E-state index contributed by atoms with van der Waals surface area (Å²) >= 11 is 1.56. The summed E-state index contributed by atoms with van der Waals surface area (Å²) in [6.07, 6.45) is 2.37. The largest absolute Gasteiger partial charge is 0.390 e. The van der Waals surface area contributed by atoms with E-state index in [1.54, 1.807) is 11.3 Å². The number of aromatic nitrogens is 3. The van der Waals surface area contributed by atoms with E-state index in [1.807, 2.05) is 6.92 Å². The lowest BCUT2D eigenvalue weighted by Gasteiger charge is -2.32. The predicted molar refractivity (Wildman–Crippen MR) is 128 cm³/mol. The quantitative estimate of drug-likeness (QED) is 0.351. The third kappa shape index (κ3) is 3.24. The maximum atomic E-state index is 11.4. The second-order valence-corrected chi connectivity index (χ2v) is 11.0. The van der Waals surface area contributed by atoms with Crippen molar-refractivity contribution in [2.75, 3.05) is 17.2 Å². The monoisotopic (exact) mass is 467 g/mol. The average Bonchev–Trinajstić information content (AvgIpc) is 3.60. The minimum Gasteiger partial charge on any atom is -0.390 e. The Morgan fingerprint density at radius 3 is 2.52 bits per heavy atom. The number of benzene rings is 1. The lowest BCUT2D eigenvalue weighted by Crippen LogP contribution is -2.51. The zero-order valence-electron chi connectivity index (χ0n) is 19.0. The second-order valence-electron chi connectivity index (χ2n) is 10.0. The van der Waals surface area contributed by atoms with Gasteiger partial charge in [-0.2, -0.15) is 4.98 Å². The molecule has 33 heavy (non-hydrogen) atoms. The van der Waals surface area contributed by atoms with Crippen LogP contribution in [0.2, 0.25) is 0 Å². The Balaban J connectivity index is 1.44. The molecule has 1 aromatic carbocycles. The molecule has 3 aliphatic rings. The molecule has 0 spiro atoms. The van der Waals surface area contributed by atoms with Gasteiger partial charge in [-0.05, 0) is 75.6 Å². The van der Waals surface area contributed by atoms with Crippen LogP contribution in [-0.4, -0.2) is 54.2 Å². The molecule has 0 aliphatic heterocycles. The number of nitrogens with zero attached hydrogens (tertiary/aromatic N) is 3. The number of fused-ring (bicyclic) bond motifs is 2. The fraction of sp³-hybridized carbons (Fsp3) is 0.542. The zero-order chi connectivity index (χ0) is 23.1. The smallest absolute Gasteiger partial charge is 0.224 e. The Bertz CT molecular complexity index is 1240. The average molecular weight is 468 g/mol. The van der Waals surface area contributed by atoms with Crippen molar-refractivity contribution in [3.05, 3.63) is 29.0 Å². The topological polar surface area (TPSA) is 123 Å². The van der Waals surface area contributed by atoms with E-state index in [-0.39, 0.29) is 5.92 Å². The summed E-state index contributed by atoms with van der Waals surface area (Å²) in [6.45, 7) is 6.88. The van der Waals surface area contributed by atoms with Crippen LogP contribution in [0.3, 0.4) is 0 Å². The van der Waals surface area contributed by atoms with Gasteiger partial charge in [0, 0.05) is 12.5 Å². The Kier molecular flexibility index (Phi) is 4.56. The maximum Gasteiger partial charge on any atom is 0.224 e. The molecular weight excluding hydrogens is 438 g/mol. The van der Waals surface area contributed by atoms with Crippen molar-refractivity contribution in [1.82, 2.24) is 15.0 Å². The Labute approximate surface area is 196 Å². The van der Waals surface area contributed by atoms with E-state index in [1.165, 1.54) is 24.0 Å². The minimum atomic E-state index is -1.66. The molecular formula is C24H29N5O3S. The van der Waals surface area contributed by atoms with Gasteiger partial charge in [0.15, 0.2) is 5.72 Å². The molecule has 0 radical (unpaired) electrons. The van der Waals surface area contributed by atoms with Gasteiger partial charge < -0.3 is 26.0 Å². The van der Waals surface area contributed by atoms with Crippen LogP contribution in [0.5, 0.6) is 0 Å². The molecule has 0 saturated heterocycles. The van der Waals surface area contributed by atoms with Crippen molar-refractivity contribution < 1.29 is 15.3 Å². The first-order valence-corrected chi connectivity index (χ1v) is 12.4. The molecule has 2 aromatic heterocycles. The molecule has 8 nitrogen and oxygen atoms in total. The molecule has 0 amide bonds. The van der Waals surface area contributed by atoms with Crippen molar-refractivity contribution >= 4 is 33.3 Å². The first-order valence-electron chi connectivity index (χ1n) is 11.6. The molecule has 0 bridgehead atoms. The van der Waals surface area contributed by atoms with E-state index in [0.717, 1.165) is 27.5 Å². The van der Waals surface area contributed by atoms with E-state index in [4.69, 9.17) is 9.97 Å². The molecule has 9 heteroatoms. The minimum absolute atomic E-state index is 0.317. The number of hydrogen-bond acceptors (Lipinski definition) is 9. The molecule has 3 fully saturated rings. The van der Waals surface area contributed by atoms with E-state index < -0.39 is 17.4 Å². The summed E-state index contributed by atoms with van der Waals surface area (Å²) in [6, 6.07) is 4.22. The van der Waals surface area contributed by atoms with Crippen LogP contribution in [-0.2, 0) is 0 Å². The van der Waals surface area contributed by atoms with Gasteiger partial charge in [0.25, 0.3) is 0 Å². The van der Waals surface area contributed by atoms with Crippen LogP contribution in [0.15, 0.2) is 12.1 Å². The summed E-state index contributed by atoms with van der Waals surface area (Å²) in [4.78, 5) is 14.3. The number of anilines is 2. The number of thiazole rings is 1. The normalized spacial score (nSPS) is 30.5. The van der Waals surface area contributed by atoms with Crippen LogP contribution >= 0.6 is 11.3 Å². The Morgan fingerprint density at radius 2 is 1.82 bits per heavy atom. The lowest BCUT2D eigenvalue weighted by molar-refractivity contribution is -0.0851. The summed E-state index contributed by atoms with van der Waals surface area (Å²) in [7, 11) is 0. The summed E-state index contributed by atoms with van der Waals surface area (Å²) in [5.74, 6) is 1.24. The standard InChI is InChI=1S/C24H29N5O3S/c1-11-8-16-17(9-12(11)2)33-21(27-16)18-13(3)26-22(25-10-14-4-5-14)28-20(18)29-23(31)7-6-15-19(30)24(15,23)32/h8-9,14-15,19,30-32H,4-7,10H2,1-3H3,(H2,25,26,28,29). The van der Waals surface area contributed by atoms with Gasteiger partial charge in [-0.25, -0.2) is 9.97 Å². The maximum absolute atomic E-state index is 11.4. The molecule has 2 heterocycles. The highest BCUT2D eigenvalue weighted by atomic mass is 32.1. The molecule has 5 N–H and O–H groups in total. The zero-order valence-corrected chi connectivity index (χ0v) is 19.8. The van der Waals surface area contributed by atoms with Gasteiger partial charge in [0.05, 0.1) is 27.6 Å². The fourth-order valence-corrected chi connectivity index (χ4v) is 6.26. The van der Waals surface area contributed by atoms with E-state index in [9.17, 15) is 15.3 Å². The SMILES string of the molecule is Cc1cc2nc(-c3c(C)nc(NCC4CC4)nc3NC3(O)CCC4C(O)C43O)sc2cc1C. The van der Waals surface area contributed by atoms with Crippen LogP contribution in [0.4, 0.5) is 11.8 Å². The highest BCUT2D eigenvalue weighted by molar-refractivity contribution is 7.21. The van der Waals surface area contributed by atoms with Crippen LogP contribution in [0, 0.1) is 32.6 Å². The van der Waals surface area contributed by atoms with Crippen molar-refractivity contribution in [3.63, 3.8) is 0 Å². The van der Waals surface area contributed by atoms with Gasteiger partial charge in [-0.3, -0.25) is 0 Å². The van der Waals surface area contributed by atoms with E-state index in [2.05, 4.69) is 41.6 Å². The van der Waals surface area contributed by atoms with Crippen molar-refractivity contribution in [2.24, 2.45) is 11.8 Å². The second kappa shape index (κ2) is 7.09. The number of rotatable bonds is 6. The van der Waals surface area contributed by atoms with E-state index in [0.29, 0.717) is 36.1 Å². The van der Waals surface area contributed by atoms with Gasteiger partial charge in [-0.1, -0.05) is 0 Å². The van der Waals surface area contributed by atoms with Gasteiger partial charge in [-0.15, -0.1) is 11.3 Å². The molecule has 6 rings (SSSR count). The van der Waals surface area contributed by atoms with Gasteiger partial charge >= 0.3 is 0 Å². The van der Waals surface area contributed by atoms with Crippen molar-refractivity contribution in [2.45, 2.75) is 63.9 Å². The molecule has 4 unspecified atom stereocenters. The summed E-state index contributed by atoms with van der Waals surface area (Å²) in [5, 5.41) is 39.7. The van der Waals surface area contributed by atoms with Crippen molar-refractivity contribution in [1.29, 1.82) is 0 Å². The molecule has 174 valence electrons. The number of aliphatic hydroxyl groups is 3. The summed E-state index contributed by atoms with van der Waals surface area (Å²) in [5.41, 5.74) is 1.52. The highest BCUT2D eigenvalue weighted by Crippen LogP contribution is 2.61. The molecule has 4 atom stereocenters. The first kappa shape index (κ1) is 21.2. The molecule has 3 aromatic rings. The molecule has 3 aliphatic carbocycles. The Hall–Kier alpha value is -2.33. The number of hydrogen-bond donors (Lipinski definition) is 5. The first-order chi connectivity index (χ1) is 15.7. The third-order valence-corrected chi connectivity index (χ3v) is 8.68. The third-order valence-electron chi connectivity index (χ3n) is 7.65. The van der Waals surface area contributed by atoms with Crippen LogP contribution in [0.1, 0.15) is 42.5 Å². The Morgan fingerprint density at radius 1 is 1.06 bits per heavy atom. The van der Waals surface area contributed by atoms with Crippen molar-refractivity contribution in [3.8, 4) is 10.6 Å². The predicted octanol–water partition coefficient (Wildman–Crippen LogP) is 3.12. The number of aliphatic hydroxyl groups excluding tert-OH is 1. The van der Waals surface area contributed by atoms with E-state index >= 15 is 0 Å².